The second-order valence-electron chi connectivity index (χ2n) is 9.84. The van der Waals surface area contributed by atoms with Gasteiger partial charge in [-0.3, -0.25) is 9.36 Å². The molecule has 1 aliphatic rings. The number of carbonyl (C=O) groups excluding carboxylic acids is 1. The summed E-state index contributed by atoms with van der Waals surface area (Å²) < 4.78 is 19.0. The number of aryl methyl sites for hydroxylation is 1. The molecule has 11 heteroatoms. The van der Waals surface area contributed by atoms with E-state index in [1.807, 2.05) is 6.92 Å². The van der Waals surface area contributed by atoms with Crippen molar-refractivity contribution in [3.63, 3.8) is 0 Å². The molecule has 2 aromatic heterocycles. The van der Waals surface area contributed by atoms with E-state index < -0.39 is 18.0 Å². The van der Waals surface area contributed by atoms with Crippen molar-refractivity contribution in [2.24, 2.45) is 4.99 Å². The van der Waals surface area contributed by atoms with Gasteiger partial charge in [0, 0.05) is 22.2 Å². The van der Waals surface area contributed by atoms with Crippen LogP contribution in [-0.2, 0) is 9.53 Å². The Labute approximate surface area is 256 Å². The van der Waals surface area contributed by atoms with Gasteiger partial charge in [0.05, 0.1) is 35.1 Å². The fourth-order valence-corrected chi connectivity index (χ4v) is 6.29. The van der Waals surface area contributed by atoms with Crippen LogP contribution in [0.3, 0.4) is 0 Å². The first-order valence-electron chi connectivity index (χ1n) is 13.7. The number of fused-ring (bicyclic) bond motifs is 1. The highest BCUT2D eigenvalue weighted by Crippen LogP contribution is 2.38. The molecule has 0 radical (unpaired) electrons. The maximum absolute atomic E-state index is 14.0. The van der Waals surface area contributed by atoms with Crippen molar-refractivity contribution in [3.8, 4) is 17.1 Å². The topological polar surface area (TPSA) is 120 Å². The van der Waals surface area contributed by atoms with Gasteiger partial charge in [-0.05, 0) is 68.3 Å². The number of rotatable bonds is 9. The molecule has 43 heavy (non-hydrogen) atoms. The summed E-state index contributed by atoms with van der Waals surface area (Å²) in [5.74, 6) is -0.145. The summed E-state index contributed by atoms with van der Waals surface area (Å²) in [5.41, 5.74) is 2.64. The Morgan fingerprint density at radius 2 is 1.95 bits per heavy atom. The number of methoxy groups -OCH3 is 1. The van der Waals surface area contributed by atoms with Crippen LogP contribution in [0.5, 0.6) is 5.75 Å². The number of allylic oxidation sites excluding steroid dienone is 1. The van der Waals surface area contributed by atoms with E-state index in [9.17, 15) is 19.5 Å². The van der Waals surface area contributed by atoms with Crippen LogP contribution in [0.4, 0.5) is 0 Å². The van der Waals surface area contributed by atoms with Crippen molar-refractivity contribution in [1.82, 2.24) is 4.57 Å². The summed E-state index contributed by atoms with van der Waals surface area (Å²) in [5, 5.41) is 9.70. The summed E-state index contributed by atoms with van der Waals surface area (Å²) in [6.45, 7) is 5.68. The minimum Gasteiger partial charge on any atom is -0.496 e. The predicted molar refractivity (Wildman–Crippen MR) is 163 cm³/mol. The van der Waals surface area contributed by atoms with E-state index in [0.717, 1.165) is 17.5 Å². The van der Waals surface area contributed by atoms with E-state index in [1.54, 1.807) is 62.4 Å². The summed E-state index contributed by atoms with van der Waals surface area (Å²) in [7, 11) is 1.52. The number of hydrogen-bond donors (Lipinski definition) is 1. The van der Waals surface area contributed by atoms with Gasteiger partial charge in [0.1, 0.15) is 23.3 Å². The molecule has 0 aliphatic carbocycles. The third-order valence-electron chi connectivity index (χ3n) is 7.02. The third kappa shape index (κ3) is 5.80. The summed E-state index contributed by atoms with van der Waals surface area (Å²) >= 11 is 7.59. The molecule has 0 fully saturated rings. The fraction of sp³-hybridized carbons (Fsp3) is 0.250. The van der Waals surface area contributed by atoms with Crippen LogP contribution in [0.1, 0.15) is 60.0 Å². The highest BCUT2D eigenvalue weighted by molar-refractivity contribution is 7.07. The van der Waals surface area contributed by atoms with Crippen molar-refractivity contribution in [2.45, 2.75) is 39.7 Å². The van der Waals surface area contributed by atoms with Crippen molar-refractivity contribution >= 4 is 41.0 Å². The third-order valence-corrected chi connectivity index (χ3v) is 8.24. The molecular weight excluding hydrogens is 592 g/mol. The van der Waals surface area contributed by atoms with Crippen molar-refractivity contribution in [1.29, 1.82) is 0 Å². The number of nitrogens with zero attached hydrogens (tertiary/aromatic N) is 2. The number of hydrogen-bond acceptors (Lipinski definition) is 8. The largest absolute Gasteiger partial charge is 0.496 e. The zero-order valence-electron chi connectivity index (χ0n) is 24.0. The number of carboxylic acid groups (broad SMARTS) is 1. The summed E-state index contributed by atoms with van der Waals surface area (Å²) in [6, 6.07) is 12.5. The molecule has 0 amide bonds. The van der Waals surface area contributed by atoms with Crippen LogP contribution in [0.2, 0.25) is 5.02 Å². The molecule has 0 saturated heterocycles. The van der Waals surface area contributed by atoms with Crippen molar-refractivity contribution in [3.05, 3.63) is 107 Å². The molecule has 1 atom stereocenters. The molecule has 1 aliphatic heterocycles. The quantitative estimate of drug-likeness (QED) is 0.245. The fourth-order valence-electron chi connectivity index (χ4n) is 5.11. The monoisotopic (exact) mass is 620 g/mol. The van der Waals surface area contributed by atoms with Crippen LogP contribution in [0, 0.1) is 6.92 Å². The molecule has 2 aromatic carbocycles. The van der Waals surface area contributed by atoms with E-state index in [2.05, 4.69) is 0 Å². The molecule has 3 heterocycles. The Kier molecular flexibility index (Phi) is 8.70. The Balaban J connectivity index is 1.68. The van der Waals surface area contributed by atoms with Crippen LogP contribution in [0.15, 0.2) is 74.0 Å². The van der Waals surface area contributed by atoms with Gasteiger partial charge in [-0.25, -0.2) is 14.6 Å². The number of esters is 1. The first kappa shape index (κ1) is 30.1. The Hall–Kier alpha value is -4.41. The lowest BCUT2D eigenvalue weighted by atomic mass is 9.93. The maximum Gasteiger partial charge on any atom is 0.338 e. The SMILES string of the molecule is CCCC1=C(C(=O)OCC)[C@@H](c2cc(Cl)ccc2OC)n2c(s/c(=C/c3ccc(-c4ccc(C(=O)O)cc4C)o3)c2=O)=N1. The minimum absolute atomic E-state index is 0.158. The number of thiazole rings is 1. The van der Waals surface area contributed by atoms with Gasteiger partial charge in [-0.2, -0.15) is 0 Å². The van der Waals surface area contributed by atoms with E-state index in [1.165, 1.54) is 29.1 Å². The summed E-state index contributed by atoms with van der Waals surface area (Å²) in [4.78, 5) is 44.0. The lowest BCUT2D eigenvalue weighted by Crippen LogP contribution is -2.40. The van der Waals surface area contributed by atoms with Crippen LogP contribution in [-0.4, -0.2) is 35.3 Å². The molecule has 5 rings (SSSR count). The lowest BCUT2D eigenvalue weighted by Gasteiger charge is -2.27. The number of carbonyl (C=O) groups is 2. The van der Waals surface area contributed by atoms with E-state index in [-0.39, 0.29) is 23.3 Å². The zero-order chi connectivity index (χ0) is 30.8. The molecule has 4 aromatic rings. The summed E-state index contributed by atoms with van der Waals surface area (Å²) in [6.07, 6.45) is 2.85. The number of ether oxygens (including phenoxy) is 2. The van der Waals surface area contributed by atoms with Gasteiger partial charge in [0.25, 0.3) is 5.56 Å². The maximum atomic E-state index is 14.0. The van der Waals surface area contributed by atoms with E-state index >= 15 is 0 Å². The molecule has 0 saturated carbocycles. The molecular formula is C32H29ClN2O7S. The predicted octanol–water partition coefficient (Wildman–Crippen LogP) is 5.51. The van der Waals surface area contributed by atoms with Gasteiger partial charge in [-0.15, -0.1) is 0 Å². The second-order valence-corrected chi connectivity index (χ2v) is 11.3. The smallest absolute Gasteiger partial charge is 0.338 e. The van der Waals surface area contributed by atoms with E-state index in [0.29, 0.717) is 49.3 Å². The van der Waals surface area contributed by atoms with Crippen LogP contribution < -0.4 is 19.6 Å². The molecule has 1 N–H and O–H groups in total. The molecule has 222 valence electrons. The Bertz CT molecular complexity index is 1950. The first-order valence-corrected chi connectivity index (χ1v) is 14.9. The van der Waals surface area contributed by atoms with Crippen LogP contribution in [0.25, 0.3) is 17.4 Å². The first-order chi connectivity index (χ1) is 20.7. The average Bonchev–Trinajstić information content (AvgIpc) is 3.56. The zero-order valence-corrected chi connectivity index (χ0v) is 25.5. The van der Waals surface area contributed by atoms with Crippen molar-refractivity contribution in [2.75, 3.05) is 13.7 Å². The lowest BCUT2D eigenvalue weighted by molar-refractivity contribution is -0.139. The highest BCUT2D eigenvalue weighted by Gasteiger charge is 2.36. The number of halogens is 1. The Morgan fingerprint density at radius 1 is 1.16 bits per heavy atom. The molecule has 0 unspecified atom stereocenters. The van der Waals surface area contributed by atoms with Gasteiger partial charge in [0.15, 0.2) is 4.80 Å². The highest BCUT2D eigenvalue weighted by atomic mass is 35.5. The normalized spacial score (nSPS) is 14.8. The van der Waals surface area contributed by atoms with Crippen LogP contribution >= 0.6 is 22.9 Å². The van der Waals surface area contributed by atoms with Crippen molar-refractivity contribution < 1.29 is 28.6 Å². The standard InChI is InChI=1S/C32H29ClN2O7S/c1-5-7-23-27(31(39)41-6-2)28(22-15-19(33)9-12-24(22)40-4)35-29(36)26(43-32(35)34-23)16-20-10-13-25(42-20)21-11-8-18(30(37)38)14-17(21)3/h8-16,28H,5-7H2,1-4H3,(H,37,38)/b26-16+/t28-/m1/s1. The number of furan rings is 1. The van der Waals surface area contributed by atoms with E-state index in [4.69, 9.17) is 30.5 Å². The van der Waals surface area contributed by atoms with Gasteiger partial charge >= 0.3 is 11.9 Å². The molecule has 0 spiro atoms. The number of carboxylic acids is 1. The minimum atomic E-state index is -1.01. The molecule has 0 bridgehead atoms. The van der Waals surface area contributed by atoms with Gasteiger partial charge in [-0.1, -0.05) is 42.3 Å². The molecule has 9 nitrogen and oxygen atoms in total. The Morgan fingerprint density at radius 3 is 2.63 bits per heavy atom. The number of benzene rings is 2. The second kappa shape index (κ2) is 12.4. The number of aromatic carboxylic acids is 1. The average molecular weight is 621 g/mol. The number of aromatic nitrogens is 1. The van der Waals surface area contributed by atoms with Gasteiger partial charge in [0.2, 0.25) is 0 Å². The van der Waals surface area contributed by atoms with Gasteiger partial charge < -0.3 is 19.0 Å².